The summed E-state index contributed by atoms with van der Waals surface area (Å²) in [5, 5.41) is 10.4. The van der Waals surface area contributed by atoms with Crippen molar-refractivity contribution in [2.75, 3.05) is 0 Å². The monoisotopic (exact) mass is 436 g/mol. The second-order valence-electron chi connectivity index (χ2n) is 10.5. The van der Waals surface area contributed by atoms with E-state index in [0.29, 0.717) is 5.75 Å². The average molecular weight is 437 g/mol. The van der Waals surface area contributed by atoms with E-state index in [2.05, 4.69) is 45.9 Å². The fraction of sp³-hybridized carbons (Fsp3) is 0.600. The molecule has 1 heterocycles. The molecule has 3 rings (SSSR count). The lowest BCUT2D eigenvalue weighted by Crippen LogP contribution is -2.37. The molecule has 1 unspecified atom stereocenters. The van der Waals surface area contributed by atoms with Crippen LogP contribution >= 0.6 is 0 Å². The molecular formula is C30H44O2. The summed E-state index contributed by atoms with van der Waals surface area (Å²) in [6.07, 6.45) is 20.2. The molecule has 0 bridgehead atoms. The van der Waals surface area contributed by atoms with E-state index in [-0.39, 0.29) is 5.60 Å². The Morgan fingerprint density at radius 2 is 1.56 bits per heavy atom. The van der Waals surface area contributed by atoms with Gasteiger partial charge in [-0.3, -0.25) is 0 Å². The summed E-state index contributed by atoms with van der Waals surface area (Å²) in [5.41, 5.74) is 8.78. The highest BCUT2D eigenvalue weighted by molar-refractivity contribution is 5.58. The fourth-order valence-electron chi connectivity index (χ4n) is 4.93. The first-order valence-electron chi connectivity index (χ1n) is 12.7. The number of allylic oxidation sites excluding steroid dienone is 6. The molecule has 2 nitrogen and oxygen atoms in total. The normalized spacial score (nSPS) is 21.1. The van der Waals surface area contributed by atoms with Crippen LogP contribution in [0.1, 0.15) is 107 Å². The number of ether oxygens (including phenoxy) is 1. The maximum atomic E-state index is 10.4. The molecule has 1 aromatic carbocycles. The van der Waals surface area contributed by atoms with Crippen molar-refractivity contribution >= 4 is 0 Å². The van der Waals surface area contributed by atoms with Crippen molar-refractivity contribution in [2.45, 2.75) is 118 Å². The van der Waals surface area contributed by atoms with Crippen molar-refractivity contribution in [3.63, 3.8) is 0 Å². The van der Waals surface area contributed by atoms with Gasteiger partial charge in [-0.15, -0.1) is 0 Å². The van der Waals surface area contributed by atoms with E-state index < -0.39 is 0 Å². The lowest BCUT2D eigenvalue weighted by molar-refractivity contribution is 0.0558. The number of benzene rings is 1. The van der Waals surface area contributed by atoms with Gasteiger partial charge >= 0.3 is 0 Å². The van der Waals surface area contributed by atoms with Gasteiger partial charge in [0.1, 0.15) is 17.1 Å². The molecule has 1 fully saturated rings. The Morgan fingerprint density at radius 1 is 0.906 bits per heavy atom. The first-order valence-corrected chi connectivity index (χ1v) is 12.7. The van der Waals surface area contributed by atoms with Gasteiger partial charge in [0.2, 0.25) is 0 Å². The Kier molecular flexibility index (Phi) is 8.31. The van der Waals surface area contributed by atoms with Crippen molar-refractivity contribution in [3.8, 4) is 11.5 Å². The molecule has 0 amide bonds. The van der Waals surface area contributed by atoms with Crippen LogP contribution in [0, 0.1) is 20.8 Å². The summed E-state index contributed by atoms with van der Waals surface area (Å²) < 4.78 is 6.57. The molecule has 1 aliphatic heterocycles. The first-order chi connectivity index (χ1) is 15.2. The molecule has 1 aromatic rings. The Hall–Kier alpha value is -1.96. The molecule has 0 aromatic heterocycles. The smallest absolute Gasteiger partial charge is 0.127 e. The van der Waals surface area contributed by atoms with Gasteiger partial charge in [0.05, 0.1) is 0 Å². The summed E-state index contributed by atoms with van der Waals surface area (Å²) in [5.74, 6) is 1.45. The van der Waals surface area contributed by atoms with Gasteiger partial charge in [-0.25, -0.2) is 0 Å². The van der Waals surface area contributed by atoms with E-state index in [9.17, 15) is 5.11 Å². The Balaban J connectivity index is 1.46. The Bertz CT molecular complexity index is 909. The third kappa shape index (κ3) is 6.09. The van der Waals surface area contributed by atoms with Gasteiger partial charge in [-0.2, -0.15) is 0 Å². The summed E-state index contributed by atoms with van der Waals surface area (Å²) in [6, 6.07) is 0. The highest BCUT2D eigenvalue weighted by Gasteiger charge is 2.33. The minimum absolute atomic E-state index is 0.129. The number of aromatic hydroxyl groups is 1. The van der Waals surface area contributed by atoms with Gasteiger partial charge in [-0.1, -0.05) is 34.9 Å². The first kappa shape index (κ1) is 24.7. The minimum atomic E-state index is -0.129. The van der Waals surface area contributed by atoms with Crippen molar-refractivity contribution in [1.29, 1.82) is 0 Å². The summed E-state index contributed by atoms with van der Waals surface area (Å²) in [7, 11) is 0. The third-order valence-corrected chi connectivity index (χ3v) is 7.76. The second kappa shape index (κ2) is 10.8. The van der Waals surface area contributed by atoms with E-state index in [1.807, 2.05) is 13.8 Å². The lowest BCUT2D eigenvalue weighted by atomic mass is 9.85. The second-order valence-corrected chi connectivity index (χ2v) is 10.5. The molecule has 1 aliphatic carbocycles. The molecule has 32 heavy (non-hydrogen) atoms. The number of hydrogen-bond acceptors (Lipinski definition) is 2. The van der Waals surface area contributed by atoms with Gasteiger partial charge < -0.3 is 9.84 Å². The van der Waals surface area contributed by atoms with Crippen LogP contribution < -0.4 is 4.74 Å². The summed E-state index contributed by atoms with van der Waals surface area (Å²) in [6.45, 7) is 12.9. The highest BCUT2D eigenvalue weighted by Crippen LogP contribution is 2.44. The van der Waals surface area contributed by atoms with Crippen LogP contribution in [-0.2, 0) is 6.42 Å². The zero-order chi connectivity index (χ0) is 23.3. The molecule has 176 valence electrons. The molecule has 0 saturated heterocycles. The Labute approximate surface area is 196 Å². The van der Waals surface area contributed by atoms with Crippen molar-refractivity contribution in [1.82, 2.24) is 0 Å². The van der Waals surface area contributed by atoms with Crippen LogP contribution in [0.15, 0.2) is 34.9 Å². The van der Waals surface area contributed by atoms with Crippen molar-refractivity contribution in [3.05, 3.63) is 57.2 Å². The predicted octanol–water partition coefficient (Wildman–Crippen LogP) is 8.74. The van der Waals surface area contributed by atoms with Crippen molar-refractivity contribution < 1.29 is 9.84 Å². The van der Waals surface area contributed by atoms with Crippen LogP contribution in [0.25, 0.3) is 0 Å². The SMILES string of the molecule is C/C(=C\CC/C(C)=C/CCC1(C)CCc2c(C)c(O)c(C)c(C)c2O1)CCC=C1CCC1. The molecule has 2 aliphatic rings. The van der Waals surface area contributed by atoms with Crippen molar-refractivity contribution in [2.24, 2.45) is 0 Å². The van der Waals surface area contributed by atoms with Gasteiger partial charge in [0, 0.05) is 5.56 Å². The standard InChI is InChI=1S/C30H44O2/c1-21(13-8-15-26-16-9-17-26)11-7-12-22(2)14-10-19-30(6)20-18-27-25(5)28(31)23(3)24(4)29(27)32-30/h11,14-15,31H,7-10,12-13,16-20H2,1-6H3/b21-11+,22-14+. The van der Waals surface area contributed by atoms with E-state index in [1.165, 1.54) is 48.8 Å². The number of fused-ring (bicyclic) bond motifs is 1. The molecule has 1 N–H and O–H groups in total. The highest BCUT2D eigenvalue weighted by atomic mass is 16.5. The molecule has 1 atom stereocenters. The van der Waals surface area contributed by atoms with E-state index in [1.54, 1.807) is 5.57 Å². The van der Waals surface area contributed by atoms with E-state index in [0.717, 1.165) is 61.0 Å². The number of hydrogen-bond donors (Lipinski definition) is 1. The Morgan fingerprint density at radius 3 is 2.22 bits per heavy atom. The van der Waals surface area contributed by atoms with Gasteiger partial charge in [-0.05, 0) is 129 Å². The molecular weight excluding hydrogens is 392 g/mol. The largest absolute Gasteiger partial charge is 0.507 e. The third-order valence-electron chi connectivity index (χ3n) is 7.76. The quantitative estimate of drug-likeness (QED) is 0.392. The molecule has 0 spiro atoms. The molecule has 2 heteroatoms. The van der Waals surface area contributed by atoms with Crippen LogP contribution in [0.4, 0.5) is 0 Å². The maximum Gasteiger partial charge on any atom is 0.127 e. The number of phenols is 1. The van der Waals surface area contributed by atoms with Crippen LogP contribution in [0.5, 0.6) is 11.5 Å². The topological polar surface area (TPSA) is 29.5 Å². The lowest BCUT2D eigenvalue weighted by Gasteiger charge is -2.38. The summed E-state index contributed by atoms with van der Waals surface area (Å²) in [4.78, 5) is 0. The predicted molar refractivity (Wildman–Crippen MR) is 137 cm³/mol. The zero-order valence-electron chi connectivity index (χ0n) is 21.4. The van der Waals surface area contributed by atoms with E-state index >= 15 is 0 Å². The zero-order valence-corrected chi connectivity index (χ0v) is 21.4. The van der Waals surface area contributed by atoms with Gasteiger partial charge in [0.25, 0.3) is 0 Å². The summed E-state index contributed by atoms with van der Waals surface area (Å²) >= 11 is 0. The number of rotatable bonds is 9. The molecule has 1 saturated carbocycles. The van der Waals surface area contributed by atoms with Crippen LogP contribution in [-0.4, -0.2) is 10.7 Å². The van der Waals surface area contributed by atoms with E-state index in [4.69, 9.17) is 4.74 Å². The fourth-order valence-corrected chi connectivity index (χ4v) is 4.93. The van der Waals surface area contributed by atoms with Crippen LogP contribution in [0.2, 0.25) is 0 Å². The average Bonchev–Trinajstić information content (AvgIpc) is 2.72. The van der Waals surface area contributed by atoms with Gasteiger partial charge in [0.15, 0.2) is 0 Å². The number of phenolic OH excluding ortho intramolecular Hbond substituents is 1. The van der Waals surface area contributed by atoms with Crippen LogP contribution in [0.3, 0.4) is 0 Å². The maximum absolute atomic E-state index is 10.4. The minimum Gasteiger partial charge on any atom is -0.507 e. The molecule has 0 radical (unpaired) electrons.